The standard InChI is InChI=1S/C19H24ClF4N3O/c1-5-19(13(20)9-27(4)26-19)18(28)25-8-12-16(23)14(21)11(7-6-10(2)3)15(22)17(12)24/h9-10,26H,5-8H2,1-4H3,(H,25,28). The van der Waals surface area contributed by atoms with Crippen molar-refractivity contribution in [3.63, 3.8) is 0 Å². The molecule has 0 saturated heterocycles. The van der Waals surface area contributed by atoms with E-state index in [0.29, 0.717) is 6.42 Å². The average molecular weight is 422 g/mol. The second kappa shape index (κ2) is 8.69. The molecular weight excluding hydrogens is 398 g/mol. The van der Waals surface area contributed by atoms with E-state index < -0.39 is 52.4 Å². The number of hydrogen-bond donors (Lipinski definition) is 2. The Balaban J connectivity index is 2.25. The van der Waals surface area contributed by atoms with Gasteiger partial charge in [0, 0.05) is 30.9 Å². The fourth-order valence-corrected chi connectivity index (χ4v) is 3.49. The van der Waals surface area contributed by atoms with Crippen LogP contribution in [0.3, 0.4) is 0 Å². The first-order valence-electron chi connectivity index (χ1n) is 9.05. The van der Waals surface area contributed by atoms with Crippen LogP contribution in [-0.2, 0) is 17.8 Å². The summed E-state index contributed by atoms with van der Waals surface area (Å²) in [5, 5.41) is 4.00. The van der Waals surface area contributed by atoms with Gasteiger partial charge in [-0.2, -0.15) is 0 Å². The number of hydrazine groups is 1. The predicted molar refractivity (Wildman–Crippen MR) is 99.1 cm³/mol. The molecule has 0 spiro atoms. The first-order chi connectivity index (χ1) is 13.0. The molecule has 0 aliphatic carbocycles. The minimum atomic E-state index is -1.50. The van der Waals surface area contributed by atoms with Crippen molar-refractivity contribution in [1.82, 2.24) is 15.8 Å². The maximum Gasteiger partial charge on any atom is 0.247 e. The SMILES string of the molecule is CCC1(C(=O)NCc2c(F)c(F)c(CCC(C)C)c(F)c2F)NN(C)C=C1Cl. The number of carbonyl (C=O) groups is 1. The van der Waals surface area contributed by atoms with Crippen LogP contribution >= 0.6 is 11.6 Å². The maximum absolute atomic E-state index is 14.4. The molecule has 9 heteroatoms. The van der Waals surface area contributed by atoms with E-state index in [9.17, 15) is 22.4 Å². The van der Waals surface area contributed by atoms with Gasteiger partial charge in [0.05, 0.1) is 5.03 Å². The van der Waals surface area contributed by atoms with Crippen LogP contribution in [-0.4, -0.2) is 23.5 Å². The van der Waals surface area contributed by atoms with Crippen molar-refractivity contribution in [1.29, 1.82) is 0 Å². The van der Waals surface area contributed by atoms with Crippen molar-refractivity contribution in [3.05, 3.63) is 45.6 Å². The first kappa shape index (κ1) is 22.5. The third-order valence-corrected chi connectivity index (χ3v) is 5.26. The van der Waals surface area contributed by atoms with E-state index in [1.807, 2.05) is 13.8 Å². The minimum Gasteiger partial charge on any atom is -0.350 e. The van der Waals surface area contributed by atoms with Gasteiger partial charge < -0.3 is 10.3 Å². The highest BCUT2D eigenvalue weighted by Gasteiger charge is 2.44. The summed E-state index contributed by atoms with van der Waals surface area (Å²) in [5.41, 5.74) is 0.0612. The highest BCUT2D eigenvalue weighted by atomic mass is 35.5. The number of halogens is 5. The Labute approximate surface area is 166 Å². The van der Waals surface area contributed by atoms with Gasteiger partial charge in [0.25, 0.3) is 0 Å². The summed E-state index contributed by atoms with van der Waals surface area (Å²) in [5.74, 6) is -6.40. The van der Waals surface area contributed by atoms with E-state index in [1.54, 1.807) is 14.0 Å². The zero-order valence-electron chi connectivity index (χ0n) is 16.2. The van der Waals surface area contributed by atoms with Crippen molar-refractivity contribution in [2.24, 2.45) is 5.92 Å². The number of amides is 1. The summed E-state index contributed by atoms with van der Waals surface area (Å²) in [6.45, 7) is 4.66. The molecule has 2 N–H and O–H groups in total. The number of nitrogens with zero attached hydrogens (tertiary/aromatic N) is 1. The predicted octanol–water partition coefficient (Wildman–Crippen LogP) is 4.13. The van der Waals surface area contributed by atoms with Crippen LogP contribution in [0.5, 0.6) is 0 Å². The lowest BCUT2D eigenvalue weighted by Gasteiger charge is -2.29. The van der Waals surface area contributed by atoms with Gasteiger partial charge >= 0.3 is 0 Å². The highest BCUT2D eigenvalue weighted by molar-refractivity contribution is 6.33. The maximum atomic E-state index is 14.4. The van der Waals surface area contributed by atoms with Crippen LogP contribution in [0, 0.1) is 29.2 Å². The summed E-state index contributed by atoms with van der Waals surface area (Å²) in [4.78, 5) is 12.6. The zero-order chi connectivity index (χ0) is 21.2. The lowest BCUT2D eigenvalue weighted by atomic mass is 9.96. The van der Waals surface area contributed by atoms with Crippen LogP contribution in [0.4, 0.5) is 17.6 Å². The third-order valence-electron chi connectivity index (χ3n) is 4.84. The number of carbonyl (C=O) groups excluding carboxylic acids is 1. The molecule has 4 nitrogen and oxygen atoms in total. The van der Waals surface area contributed by atoms with Gasteiger partial charge in [-0.1, -0.05) is 32.4 Å². The summed E-state index contributed by atoms with van der Waals surface area (Å²) in [7, 11) is 1.63. The number of nitrogens with one attached hydrogen (secondary N) is 2. The second-order valence-corrected chi connectivity index (χ2v) is 7.69. The van der Waals surface area contributed by atoms with Gasteiger partial charge in [0.2, 0.25) is 5.91 Å². The van der Waals surface area contributed by atoms with E-state index >= 15 is 0 Å². The Morgan fingerprint density at radius 2 is 1.71 bits per heavy atom. The monoisotopic (exact) mass is 421 g/mol. The van der Waals surface area contributed by atoms with Gasteiger partial charge in [-0.05, 0) is 25.2 Å². The van der Waals surface area contributed by atoms with Crippen molar-refractivity contribution in [3.8, 4) is 0 Å². The van der Waals surface area contributed by atoms with E-state index in [-0.39, 0.29) is 23.8 Å². The zero-order valence-corrected chi connectivity index (χ0v) is 17.0. The van der Waals surface area contributed by atoms with Crippen molar-refractivity contribution >= 4 is 17.5 Å². The Bertz CT molecular complexity index is 771. The van der Waals surface area contributed by atoms with Gasteiger partial charge in [0.1, 0.15) is 0 Å². The summed E-state index contributed by atoms with van der Waals surface area (Å²) in [6, 6.07) is 0. The molecule has 0 fully saturated rings. The van der Waals surface area contributed by atoms with Crippen LogP contribution in [0.25, 0.3) is 0 Å². The molecule has 0 bridgehead atoms. The molecule has 1 aromatic rings. The molecule has 28 heavy (non-hydrogen) atoms. The highest BCUT2D eigenvalue weighted by Crippen LogP contribution is 2.31. The number of hydrogen-bond acceptors (Lipinski definition) is 3. The van der Waals surface area contributed by atoms with Crippen LogP contribution in [0.15, 0.2) is 11.2 Å². The van der Waals surface area contributed by atoms with Crippen molar-refractivity contribution in [2.75, 3.05) is 7.05 Å². The molecule has 156 valence electrons. The van der Waals surface area contributed by atoms with Crippen molar-refractivity contribution < 1.29 is 22.4 Å². The molecule has 1 heterocycles. The van der Waals surface area contributed by atoms with Gasteiger partial charge in [-0.15, -0.1) is 0 Å². The topological polar surface area (TPSA) is 44.4 Å². The lowest BCUT2D eigenvalue weighted by molar-refractivity contribution is -0.127. The Hall–Kier alpha value is -1.80. The molecule has 1 aliphatic heterocycles. The Morgan fingerprint density at radius 1 is 1.18 bits per heavy atom. The smallest absolute Gasteiger partial charge is 0.247 e. The third kappa shape index (κ3) is 4.12. The van der Waals surface area contributed by atoms with E-state index in [4.69, 9.17) is 11.6 Å². The molecule has 1 amide bonds. The largest absolute Gasteiger partial charge is 0.350 e. The van der Waals surface area contributed by atoms with Crippen LogP contribution in [0.2, 0.25) is 0 Å². The Morgan fingerprint density at radius 3 is 2.14 bits per heavy atom. The van der Waals surface area contributed by atoms with E-state index in [2.05, 4.69) is 10.7 Å². The molecular formula is C19H24ClF4N3O. The molecule has 1 unspecified atom stereocenters. The Kier molecular flexibility index (Phi) is 6.98. The van der Waals surface area contributed by atoms with E-state index in [1.165, 1.54) is 11.2 Å². The summed E-state index contributed by atoms with van der Waals surface area (Å²) in [6.07, 6.45) is 2.01. The quantitative estimate of drug-likeness (QED) is 0.514. The summed E-state index contributed by atoms with van der Waals surface area (Å²) < 4.78 is 57.3. The second-order valence-electron chi connectivity index (χ2n) is 7.29. The number of rotatable bonds is 7. The number of benzene rings is 1. The van der Waals surface area contributed by atoms with Gasteiger partial charge in [-0.25, -0.2) is 23.0 Å². The fourth-order valence-electron chi connectivity index (χ4n) is 3.08. The summed E-state index contributed by atoms with van der Waals surface area (Å²) >= 11 is 6.13. The molecule has 1 atom stereocenters. The van der Waals surface area contributed by atoms with Gasteiger partial charge in [0.15, 0.2) is 28.8 Å². The minimum absolute atomic E-state index is 0.115. The molecule has 2 rings (SSSR count). The first-order valence-corrected chi connectivity index (χ1v) is 9.43. The van der Waals surface area contributed by atoms with Crippen molar-refractivity contribution in [2.45, 2.75) is 52.1 Å². The van der Waals surface area contributed by atoms with Gasteiger partial charge in [-0.3, -0.25) is 4.79 Å². The fraction of sp³-hybridized carbons (Fsp3) is 0.526. The van der Waals surface area contributed by atoms with Crippen LogP contribution in [0.1, 0.15) is 44.7 Å². The molecule has 0 saturated carbocycles. The normalized spacial score (nSPS) is 19.4. The molecule has 0 aromatic heterocycles. The lowest BCUT2D eigenvalue weighted by Crippen LogP contribution is -2.56. The van der Waals surface area contributed by atoms with E-state index in [0.717, 1.165) is 0 Å². The average Bonchev–Trinajstić information content (AvgIpc) is 2.94. The molecule has 0 radical (unpaired) electrons. The van der Waals surface area contributed by atoms with Crippen LogP contribution < -0.4 is 10.7 Å². The molecule has 1 aliphatic rings. The molecule has 1 aromatic carbocycles.